The van der Waals surface area contributed by atoms with Crippen molar-refractivity contribution >= 4 is 18.1 Å². The molecule has 2 fully saturated rings. The van der Waals surface area contributed by atoms with Crippen molar-refractivity contribution in [2.75, 3.05) is 26.8 Å². The van der Waals surface area contributed by atoms with E-state index in [1.807, 2.05) is 31.9 Å². The molecule has 3 N–H and O–H groups in total. The van der Waals surface area contributed by atoms with Crippen LogP contribution in [0, 0.1) is 0 Å². The third kappa shape index (κ3) is 9.58. The molecule has 2 aromatic heterocycles. The Balaban J connectivity index is 1.08. The van der Waals surface area contributed by atoms with Crippen molar-refractivity contribution in [1.29, 1.82) is 0 Å². The lowest BCUT2D eigenvalue weighted by Gasteiger charge is -2.28. The molecule has 302 valence electrons. The van der Waals surface area contributed by atoms with Gasteiger partial charge in [-0.25, -0.2) is 19.6 Å². The van der Waals surface area contributed by atoms with Crippen LogP contribution >= 0.6 is 0 Å². The molecule has 13 nitrogen and oxygen atoms in total. The molecule has 2 bridgehead atoms. The zero-order chi connectivity index (χ0) is 39.9. The third-order valence-electron chi connectivity index (χ3n) is 10.9. The highest BCUT2D eigenvalue weighted by Crippen LogP contribution is 2.36. The molecule has 13 heteroatoms. The molecule has 0 radical (unpaired) electrons. The Morgan fingerprint density at radius 1 is 0.825 bits per heavy atom. The average molecular weight is 778 g/mol. The highest BCUT2D eigenvalue weighted by atomic mass is 16.6. The van der Waals surface area contributed by atoms with Crippen molar-refractivity contribution < 1.29 is 28.6 Å². The van der Waals surface area contributed by atoms with Gasteiger partial charge in [-0.3, -0.25) is 9.69 Å². The molecule has 3 amide bonds. The lowest BCUT2D eigenvalue weighted by Crippen LogP contribution is -2.48. The molecular formula is C44H55N7O6. The Labute approximate surface area is 334 Å². The Kier molecular flexibility index (Phi) is 12.4. The van der Waals surface area contributed by atoms with Crippen LogP contribution in [0.4, 0.5) is 9.59 Å². The molecule has 0 saturated carbocycles. The number of benzene rings is 2. The molecular weight excluding hydrogens is 723 g/mol. The smallest absolute Gasteiger partial charge is 0.410 e. The van der Waals surface area contributed by atoms with E-state index in [9.17, 15) is 14.4 Å². The lowest BCUT2D eigenvalue weighted by molar-refractivity contribution is -0.134. The van der Waals surface area contributed by atoms with Gasteiger partial charge in [-0.1, -0.05) is 73.5 Å². The van der Waals surface area contributed by atoms with Crippen LogP contribution in [0.1, 0.15) is 108 Å². The second-order valence-electron chi connectivity index (χ2n) is 16.1. The predicted octanol–water partition coefficient (Wildman–Crippen LogP) is 8.63. The number of imidazole rings is 2. The summed E-state index contributed by atoms with van der Waals surface area (Å²) >= 11 is 0. The number of likely N-dealkylation sites (tertiary alicyclic amines) is 1. The van der Waals surface area contributed by atoms with Gasteiger partial charge in [-0.15, -0.1) is 0 Å². The normalized spacial score (nSPS) is 21.5. The first kappa shape index (κ1) is 39.8. The van der Waals surface area contributed by atoms with E-state index in [0.29, 0.717) is 32.7 Å². The summed E-state index contributed by atoms with van der Waals surface area (Å²) in [5, 5.41) is 2.80. The maximum atomic E-state index is 14.0. The number of aromatic nitrogens is 4. The minimum Gasteiger partial charge on any atom is -0.453 e. The first-order chi connectivity index (χ1) is 27.6. The summed E-state index contributed by atoms with van der Waals surface area (Å²) < 4.78 is 16.6. The fourth-order valence-electron chi connectivity index (χ4n) is 8.01. The number of rotatable bonds is 5. The SMILES string of the molecule is COC(=O)N[C@H]1CCCCC/C=C\COCc2[nH]c(nc2-c2ccc(-c3ccc(-c4c[nH]c([C@@H]5CCCN5C(=O)OC(C)(C)C)n4)cc3)cc2)[C@@H]2CCCN2C1=O. The molecule has 4 aromatic rings. The van der Waals surface area contributed by atoms with E-state index >= 15 is 0 Å². The topological polar surface area (TPSA) is 155 Å². The molecule has 7 rings (SSSR count). The summed E-state index contributed by atoms with van der Waals surface area (Å²) in [6, 6.07) is 15.6. The number of hydrogen-bond donors (Lipinski definition) is 3. The Hall–Kier alpha value is -5.43. The molecule has 0 unspecified atom stereocenters. The Bertz CT molecular complexity index is 2030. The summed E-state index contributed by atoms with van der Waals surface area (Å²) in [7, 11) is 1.32. The van der Waals surface area contributed by atoms with E-state index in [1.54, 1.807) is 4.90 Å². The molecule has 5 heterocycles. The van der Waals surface area contributed by atoms with E-state index in [1.165, 1.54) is 7.11 Å². The van der Waals surface area contributed by atoms with Crippen LogP contribution in [-0.2, 0) is 25.6 Å². The number of carbonyl (C=O) groups excluding carboxylic acids is 3. The number of ether oxygens (including phenoxy) is 3. The van der Waals surface area contributed by atoms with Crippen molar-refractivity contribution in [3.8, 4) is 33.6 Å². The number of methoxy groups -OCH3 is 1. The average Bonchev–Trinajstić information content (AvgIpc) is 4.04. The Morgan fingerprint density at radius 2 is 1.53 bits per heavy atom. The van der Waals surface area contributed by atoms with E-state index < -0.39 is 17.7 Å². The molecule has 2 saturated heterocycles. The Morgan fingerprint density at radius 3 is 2.26 bits per heavy atom. The molecule has 3 atom stereocenters. The number of hydrogen-bond acceptors (Lipinski definition) is 8. The minimum absolute atomic E-state index is 0.107. The maximum absolute atomic E-state index is 14.0. The fourth-order valence-corrected chi connectivity index (χ4v) is 8.01. The van der Waals surface area contributed by atoms with Crippen LogP contribution in [-0.4, -0.2) is 86.3 Å². The summed E-state index contributed by atoms with van der Waals surface area (Å²) in [6.07, 6.45) is 12.8. The number of alkyl carbamates (subject to hydrolysis) is 1. The van der Waals surface area contributed by atoms with Gasteiger partial charge in [0.05, 0.1) is 49.5 Å². The van der Waals surface area contributed by atoms with Crippen LogP contribution < -0.4 is 5.32 Å². The van der Waals surface area contributed by atoms with Gasteiger partial charge in [-0.05, 0) is 76.8 Å². The molecule has 0 aliphatic carbocycles. The standard InChI is InChI=1S/C44H55N7O6/c1-44(2,3)57-43(54)51-25-12-14-36(51)39-45-27-34(46-39)31-20-16-29(17-21-31)30-18-22-32(23-19-30)38-35-28-56-26-10-8-6-5-7-9-13-33(48-42(53)55-4)41(52)50-24-11-15-37(50)40(47-35)49-38/h8,10,16-23,27,33,36-37H,5-7,9,11-15,24-26,28H2,1-4H3,(H,45,46)(H,47,49)(H,48,53)/b10-8-/t33-,36-,37-/m0/s1. The van der Waals surface area contributed by atoms with E-state index in [-0.39, 0.29) is 24.1 Å². The van der Waals surface area contributed by atoms with Gasteiger partial charge in [0, 0.05) is 30.4 Å². The number of aromatic amines is 2. The van der Waals surface area contributed by atoms with Crippen LogP contribution in [0.15, 0.2) is 66.9 Å². The number of H-pyrrole nitrogens is 2. The van der Waals surface area contributed by atoms with Crippen LogP contribution in [0.25, 0.3) is 33.6 Å². The van der Waals surface area contributed by atoms with Crippen molar-refractivity contribution in [3.63, 3.8) is 0 Å². The molecule has 0 spiro atoms. The number of nitrogens with zero attached hydrogens (tertiary/aromatic N) is 4. The molecule has 3 aliphatic heterocycles. The molecule has 3 aliphatic rings. The number of amides is 3. The lowest BCUT2D eigenvalue weighted by atomic mass is 10.0. The minimum atomic E-state index is -0.659. The number of carbonyl (C=O) groups is 3. The van der Waals surface area contributed by atoms with Gasteiger partial charge >= 0.3 is 12.2 Å². The number of fused-ring (bicyclic) bond motifs is 4. The van der Waals surface area contributed by atoms with Crippen molar-refractivity contribution in [2.45, 2.75) is 109 Å². The van der Waals surface area contributed by atoms with E-state index in [2.05, 4.69) is 76.0 Å². The zero-order valence-corrected chi connectivity index (χ0v) is 33.5. The highest BCUT2D eigenvalue weighted by Gasteiger charge is 2.37. The van der Waals surface area contributed by atoms with Crippen LogP contribution in [0.5, 0.6) is 0 Å². The second-order valence-corrected chi connectivity index (χ2v) is 16.1. The zero-order valence-electron chi connectivity index (χ0n) is 33.5. The summed E-state index contributed by atoms with van der Waals surface area (Å²) in [5.74, 6) is 1.38. The predicted molar refractivity (Wildman–Crippen MR) is 217 cm³/mol. The third-order valence-corrected chi connectivity index (χ3v) is 10.9. The largest absolute Gasteiger partial charge is 0.453 e. The summed E-state index contributed by atoms with van der Waals surface area (Å²) in [6.45, 7) is 7.72. The van der Waals surface area contributed by atoms with Crippen LogP contribution in [0.2, 0.25) is 0 Å². The maximum Gasteiger partial charge on any atom is 0.410 e. The van der Waals surface area contributed by atoms with Crippen molar-refractivity contribution in [3.05, 3.63) is 84.2 Å². The number of nitrogens with one attached hydrogen (secondary N) is 3. The highest BCUT2D eigenvalue weighted by molar-refractivity contribution is 5.86. The second kappa shape index (κ2) is 17.8. The first-order valence-electron chi connectivity index (χ1n) is 20.3. The van der Waals surface area contributed by atoms with Crippen LogP contribution in [0.3, 0.4) is 0 Å². The van der Waals surface area contributed by atoms with Crippen molar-refractivity contribution in [2.24, 2.45) is 0 Å². The molecule has 2 aromatic carbocycles. The monoisotopic (exact) mass is 777 g/mol. The van der Waals surface area contributed by atoms with Gasteiger partial charge in [-0.2, -0.15) is 0 Å². The first-order valence-corrected chi connectivity index (χ1v) is 20.3. The van der Waals surface area contributed by atoms with Gasteiger partial charge < -0.3 is 34.4 Å². The van der Waals surface area contributed by atoms with E-state index in [0.717, 1.165) is 102 Å². The van der Waals surface area contributed by atoms with E-state index in [4.69, 9.17) is 24.2 Å². The quantitative estimate of drug-likeness (QED) is 0.170. The van der Waals surface area contributed by atoms with Gasteiger partial charge in [0.25, 0.3) is 0 Å². The van der Waals surface area contributed by atoms with Gasteiger partial charge in [0.15, 0.2) is 0 Å². The fraction of sp³-hybridized carbons (Fsp3) is 0.477. The van der Waals surface area contributed by atoms with Gasteiger partial charge in [0.1, 0.15) is 23.3 Å². The summed E-state index contributed by atoms with van der Waals surface area (Å²) in [4.78, 5) is 59.6. The summed E-state index contributed by atoms with van der Waals surface area (Å²) in [5.41, 5.74) is 5.96. The number of allylic oxidation sites excluding steroid dienone is 1. The van der Waals surface area contributed by atoms with Crippen molar-refractivity contribution in [1.82, 2.24) is 35.1 Å². The van der Waals surface area contributed by atoms with Gasteiger partial charge in [0.2, 0.25) is 5.91 Å². The molecule has 57 heavy (non-hydrogen) atoms.